The van der Waals surface area contributed by atoms with Gasteiger partial charge in [-0.05, 0) is 39.0 Å². The second kappa shape index (κ2) is 3.49. The van der Waals surface area contributed by atoms with Crippen molar-refractivity contribution in [1.82, 2.24) is 10.2 Å². The molecule has 2 rings (SSSR count). The van der Waals surface area contributed by atoms with Gasteiger partial charge in [-0.25, -0.2) is 0 Å². The Kier molecular flexibility index (Phi) is 2.61. The molecular formula is C12H24N2. The van der Waals surface area contributed by atoms with Crippen LogP contribution in [0.2, 0.25) is 0 Å². The molecule has 3 unspecified atom stereocenters. The lowest BCUT2D eigenvalue weighted by atomic mass is 9.99. The third-order valence-electron chi connectivity index (χ3n) is 3.84. The van der Waals surface area contributed by atoms with Crippen LogP contribution in [-0.4, -0.2) is 36.1 Å². The number of rotatable bonds is 2. The van der Waals surface area contributed by atoms with Crippen LogP contribution >= 0.6 is 0 Å². The molecule has 2 heteroatoms. The second-order valence-electron chi connectivity index (χ2n) is 6.02. The minimum absolute atomic E-state index is 0.310. The average Bonchev–Trinajstić information content (AvgIpc) is 2.74. The zero-order chi connectivity index (χ0) is 10.3. The van der Waals surface area contributed by atoms with Crippen molar-refractivity contribution in [2.45, 2.75) is 45.7 Å². The zero-order valence-corrected chi connectivity index (χ0v) is 10.0. The third kappa shape index (κ3) is 2.29. The molecule has 3 atom stereocenters. The number of nitrogens with one attached hydrogen (secondary N) is 1. The van der Waals surface area contributed by atoms with Crippen LogP contribution in [0.1, 0.15) is 34.1 Å². The molecule has 0 bridgehead atoms. The minimum Gasteiger partial charge on any atom is -0.309 e. The van der Waals surface area contributed by atoms with Crippen LogP contribution in [0.3, 0.4) is 0 Å². The standard InChI is InChI=1S/C12H24N2/c1-9-5-11(9)7-14-8-12(3,4)13-6-10(14)2/h9-11,13H,5-8H2,1-4H3. The summed E-state index contributed by atoms with van der Waals surface area (Å²) in [6, 6.07) is 0.718. The average molecular weight is 196 g/mol. The summed E-state index contributed by atoms with van der Waals surface area (Å²) >= 11 is 0. The highest BCUT2D eigenvalue weighted by atomic mass is 15.2. The van der Waals surface area contributed by atoms with Gasteiger partial charge in [0.15, 0.2) is 0 Å². The molecule has 0 aromatic rings. The van der Waals surface area contributed by atoms with Crippen LogP contribution in [0.25, 0.3) is 0 Å². The summed E-state index contributed by atoms with van der Waals surface area (Å²) < 4.78 is 0. The molecule has 1 saturated heterocycles. The third-order valence-corrected chi connectivity index (χ3v) is 3.84. The predicted octanol–water partition coefficient (Wildman–Crippen LogP) is 1.71. The predicted molar refractivity (Wildman–Crippen MR) is 60.4 cm³/mol. The summed E-state index contributed by atoms with van der Waals surface area (Å²) in [7, 11) is 0. The van der Waals surface area contributed by atoms with Crippen LogP contribution in [0.5, 0.6) is 0 Å². The van der Waals surface area contributed by atoms with E-state index in [0.717, 1.165) is 24.4 Å². The fourth-order valence-corrected chi connectivity index (χ4v) is 2.47. The van der Waals surface area contributed by atoms with E-state index in [1.807, 2.05) is 0 Å². The molecule has 0 aromatic heterocycles. The lowest BCUT2D eigenvalue weighted by Crippen LogP contribution is -2.61. The van der Waals surface area contributed by atoms with E-state index in [-0.39, 0.29) is 0 Å². The van der Waals surface area contributed by atoms with Crippen molar-refractivity contribution < 1.29 is 0 Å². The van der Waals surface area contributed by atoms with E-state index in [2.05, 4.69) is 37.9 Å². The minimum atomic E-state index is 0.310. The fraction of sp³-hybridized carbons (Fsp3) is 1.00. The first kappa shape index (κ1) is 10.4. The van der Waals surface area contributed by atoms with Crippen molar-refractivity contribution in [1.29, 1.82) is 0 Å². The first-order chi connectivity index (χ1) is 6.48. The topological polar surface area (TPSA) is 15.3 Å². The van der Waals surface area contributed by atoms with Crippen molar-refractivity contribution in [3.8, 4) is 0 Å². The number of piperazine rings is 1. The smallest absolute Gasteiger partial charge is 0.0252 e. The summed E-state index contributed by atoms with van der Waals surface area (Å²) in [5, 5.41) is 3.60. The van der Waals surface area contributed by atoms with Crippen molar-refractivity contribution >= 4 is 0 Å². The summed E-state index contributed by atoms with van der Waals surface area (Å²) in [5.41, 5.74) is 0.310. The molecule has 0 amide bonds. The highest BCUT2D eigenvalue weighted by Gasteiger charge is 2.38. The normalized spacial score (nSPS) is 42.4. The fourth-order valence-electron chi connectivity index (χ4n) is 2.47. The second-order valence-corrected chi connectivity index (χ2v) is 6.02. The Morgan fingerprint density at radius 1 is 1.36 bits per heavy atom. The molecule has 0 spiro atoms. The quantitative estimate of drug-likeness (QED) is 0.723. The van der Waals surface area contributed by atoms with Gasteiger partial charge in [-0.3, -0.25) is 4.90 Å². The van der Waals surface area contributed by atoms with Gasteiger partial charge in [0, 0.05) is 31.2 Å². The Morgan fingerprint density at radius 2 is 2.00 bits per heavy atom. The van der Waals surface area contributed by atoms with Gasteiger partial charge in [-0.15, -0.1) is 0 Å². The Hall–Kier alpha value is -0.0800. The number of hydrogen-bond donors (Lipinski definition) is 1. The van der Waals surface area contributed by atoms with E-state index >= 15 is 0 Å². The van der Waals surface area contributed by atoms with Crippen molar-refractivity contribution in [2.24, 2.45) is 11.8 Å². The van der Waals surface area contributed by atoms with Crippen LogP contribution in [0, 0.1) is 11.8 Å². The Balaban J connectivity index is 1.88. The van der Waals surface area contributed by atoms with Crippen molar-refractivity contribution in [2.75, 3.05) is 19.6 Å². The Morgan fingerprint density at radius 3 is 2.57 bits per heavy atom. The van der Waals surface area contributed by atoms with Gasteiger partial charge in [0.1, 0.15) is 0 Å². The van der Waals surface area contributed by atoms with Crippen LogP contribution in [0.15, 0.2) is 0 Å². The zero-order valence-electron chi connectivity index (χ0n) is 10.0. The molecule has 82 valence electrons. The molecule has 1 aliphatic carbocycles. The first-order valence-electron chi connectivity index (χ1n) is 5.97. The van der Waals surface area contributed by atoms with Crippen molar-refractivity contribution in [3.63, 3.8) is 0 Å². The van der Waals surface area contributed by atoms with Gasteiger partial charge in [0.2, 0.25) is 0 Å². The van der Waals surface area contributed by atoms with E-state index in [1.54, 1.807) is 0 Å². The largest absolute Gasteiger partial charge is 0.309 e. The maximum Gasteiger partial charge on any atom is 0.0252 e. The van der Waals surface area contributed by atoms with Crippen LogP contribution in [-0.2, 0) is 0 Å². The number of hydrogen-bond acceptors (Lipinski definition) is 2. The van der Waals surface area contributed by atoms with E-state index in [4.69, 9.17) is 0 Å². The summed E-state index contributed by atoms with van der Waals surface area (Å²) in [5.74, 6) is 1.98. The maximum absolute atomic E-state index is 3.60. The van der Waals surface area contributed by atoms with E-state index < -0.39 is 0 Å². The highest BCUT2D eigenvalue weighted by molar-refractivity contribution is 4.94. The van der Waals surface area contributed by atoms with E-state index in [9.17, 15) is 0 Å². The highest BCUT2D eigenvalue weighted by Crippen LogP contribution is 2.39. The molecule has 1 N–H and O–H groups in total. The molecule has 1 saturated carbocycles. The molecular weight excluding hydrogens is 172 g/mol. The lowest BCUT2D eigenvalue weighted by molar-refractivity contribution is 0.0986. The molecule has 0 aromatic carbocycles. The molecule has 2 nitrogen and oxygen atoms in total. The SMILES string of the molecule is CC1CC1CN1CC(C)(C)NCC1C. The summed E-state index contributed by atoms with van der Waals surface area (Å²) in [6.07, 6.45) is 1.46. The van der Waals surface area contributed by atoms with Gasteiger partial charge in [-0.1, -0.05) is 6.92 Å². The maximum atomic E-state index is 3.60. The Labute approximate surface area is 88.1 Å². The molecule has 1 aliphatic heterocycles. The van der Waals surface area contributed by atoms with Gasteiger partial charge < -0.3 is 5.32 Å². The van der Waals surface area contributed by atoms with Crippen molar-refractivity contribution in [3.05, 3.63) is 0 Å². The van der Waals surface area contributed by atoms with E-state index in [1.165, 1.54) is 19.5 Å². The van der Waals surface area contributed by atoms with Gasteiger partial charge in [0.25, 0.3) is 0 Å². The molecule has 0 radical (unpaired) electrons. The summed E-state index contributed by atoms with van der Waals surface area (Å²) in [6.45, 7) is 13.0. The van der Waals surface area contributed by atoms with E-state index in [0.29, 0.717) is 5.54 Å². The molecule has 14 heavy (non-hydrogen) atoms. The number of nitrogens with zero attached hydrogens (tertiary/aromatic N) is 1. The van der Waals surface area contributed by atoms with Gasteiger partial charge >= 0.3 is 0 Å². The molecule has 2 aliphatic rings. The van der Waals surface area contributed by atoms with Crippen LogP contribution in [0.4, 0.5) is 0 Å². The Bertz CT molecular complexity index is 212. The summed E-state index contributed by atoms with van der Waals surface area (Å²) in [4.78, 5) is 2.67. The molecule has 1 heterocycles. The lowest BCUT2D eigenvalue weighted by Gasteiger charge is -2.43. The molecule has 2 fully saturated rings. The van der Waals surface area contributed by atoms with Gasteiger partial charge in [-0.2, -0.15) is 0 Å². The monoisotopic (exact) mass is 196 g/mol. The first-order valence-corrected chi connectivity index (χ1v) is 5.97. The van der Waals surface area contributed by atoms with Crippen LogP contribution < -0.4 is 5.32 Å². The van der Waals surface area contributed by atoms with Gasteiger partial charge in [0.05, 0.1) is 0 Å².